The molecule has 0 bridgehead atoms. The standard InChI is InChI=1S/C20H19N7O/c21-12-15-4-1-2-6-17(15)23-20(28)16-5-3-10-26(13-16)18-7-8-19(25-24-18)27-11-9-22-14-27/h1-2,4,6-9,11,14,16H,3,5,10,13H2,(H,23,28). The molecular formula is C20H19N7O. The van der Waals surface area contributed by atoms with Crippen molar-refractivity contribution >= 4 is 17.4 Å². The smallest absolute Gasteiger partial charge is 0.229 e. The summed E-state index contributed by atoms with van der Waals surface area (Å²) >= 11 is 0. The van der Waals surface area contributed by atoms with Gasteiger partial charge in [-0.25, -0.2) is 4.98 Å². The molecule has 1 aliphatic rings. The van der Waals surface area contributed by atoms with E-state index in [2.05, 4.69) is 31.5 Å². The number of hydrogen-bond acceptors (Lipinski definition) is 6. The Bertz CT molecular complexity index is 992. The number of nitrogens with one attached hydrogen (secondary N) is 1. The number of para-hydroxylation sites is 1. The number of rotatable bonds is 4. The van der Waals surface area contributed by atoms with Crippen LogP contribution in [0.5, 0.6) is 0 Å². The lowest BCUT2D eigenvalue weighted by atomic mass is 9.97. The van der Waals surface area contributed by atoms with Crippen LogP contribution in [-0.4, -0.2) is 38.7 Å². The molecule has 28 heavy (non-hydrogen) atoms. The van der Waals surface area contributed by atoms with Gasteiger partial charge in [0.1, 0.15) is 12.4 Å². The number of piperidine rings is 1. The fraction of sp³-hybridized carbons (Fsp3) is 0.250. The summed E-state index contributed by atoms with van der Waals surface area (Å²) in [6.45, 7) is 1.40. The summed E-state index contributed by atoms with van der Waals surface area (Å²) in [7, 11) is 0. The number of carbonyl (C=O) groups is 1. The maximum atomic E-state index is 12.7. The molecule has 0 radical (unpaired) electrons. The summed E-state index contributed by atoms with van der Waals surface area (Å²) in [6, 6.07) is 12.9. The first kappa shape index (κ1) is 17.7. The SMILES string of the molecule is N#Cc1ccccc1NC(=O)C1CCCN(c2ccc(-n3ccnc3)nn2)C1. The lowest BCUT2D eigenvalue weighted by molar-refractivity contribution is -0.120. The Morgan fingerprint density at radius 3 is 2.75 bits per heavy atom. The van der Waals surface area contributed by atoms with E-state index in [-0.39, 0.29) is 11.8 Å². The molecule has 8 nitrogen and oxygen atoms in total. The monoisotopic (exact) mass is 373 g/mol. The van der Waals surface area contributed by atoms with Gasteiger partial charge in [-0.1, -0.05) is 12.1 Å². The Balaban J connectivity index is 1.44. The summed E-state index contributed by atoms with van der Waals surface area (Å²) in [6.07, 6.45) is 6.86. The predicted molar refractivity (Wildman–Crippen MR) is 104 cm³/mol. The van der Waals surface area contributed by atoms with Crippen molar-refractivity contribution in [2.24, 2.45) is 5.92 Å². The average Bonchev–Trinajstić information content (AvgIpc) is 3.29. The second-order valence-corrected chi connectivity index (χ2v) is 6.65. The Morgan fingerprint density at radius 1 is 1.18 bits per heavy atom. The Morgan fingerprint density at radius 2 is 2.00 bits per heavy atom. The third kappa shape index (κ3) is 3.69. The molecule has 8 heteroatoms. The summed E-state index contributed by atoms with van der Waals surface area (Å²) in [5.74, 6) is 1.20. The Hall–Kier alpha value is -3.73. The highest BCUT2D eigenvalue weighted by atomic mass is 16.1. The van der Waals surface area contributed by atoms with Gasteiger partial charge in [0.05, 0.1) is 17.2 Å². The Labute approximate surface area is 162 Å². The number of imidazole rings is 1. The van der Waals surface area contributed by atoms with E-state index in [1.165, 1.54) is 0 Å². The van der Waals surface area contributed by atoms with Gasteiger partial charge in [-0.3, -0.25) is 9.36 Å². The average molecular weight is 373 g/mol. The van der Waals surface area contributed by atoms with Crippen LogP contribution in [-0.2, 0) is 4.79 Å². The summed E-state index contributed by atoms with van der Waals surface area (Å²) in [4.78, 5) is 18.8. The van der Waals surface area contributed by atoms with Crippen LogP contribution in [0, 0.1) is 17.2 Å². The van der Waals surface area contributed by atoms with E-state index in [9.17, 15) is 10.1 Å². The van der Waals surface area contributed by atoms with E-state index in [4.69, 9.17) is 0 Å². The van der Waals surface area contributed by atoms with Gasteiger partial charge in [0.25, 0.3) is 0 Å². The van der Waals surface area contributed by atoms with Gasteiger partial charge < -0.3 is 10.2 Å². The van der Waals surface area contributed by atoms with E-state index in [0.717, 1.165) is 25.2 Å². The third-order valence-corrected chi connectivity index (χ3v) is 4.83. The quantitative estimate of drug-likeness (QED) is 0.754. The fourth-order valence-electron chi connectivity index (χ4n) is 3.34. The van der Waals surface area contributed by atoms with Crippen LogP contribution in [0.25, 0.3) is 5.82 Å². The first-order chi connectivity index (χ1) is 13.7. The normalized spacial score (nSPS) is 16.4. The number of anilines is 2. The number of nitriles is 1. The zero-order chi connectivity index (χ0) is 19.3. The van der Waals surface area contributed by atoms with Crippen LogP contribution < -0.4 is 10.2 Å². The van der Waals surface area contributed by atoms with Gasteiger partial charge in [-0.05, 0) is 37.1 Å². The highest BCUT2D eigenvalue weighted by Crippen LogP contribution is 2.23. The molecular weight excluding hydrogens is 354 g/mol. The van der Waals surface area contributed by atoms with Crippen LogP contribution in [0.3, 0.4) is 0 Å². The van der Waals surface area contributed by atoms with Crippen LogP contribution in [0.15, 0.2) is 55.1 Å². The summed E-state index contributed by atoms with van der Waals surface area (Å²) < 4.78 is 1.79. The van der Waals surface area contributed by atoms with Gasteiger partial charge in [0.2, 0.25) is 5.91 Å². The van der Waals surface area contributed by atoms with Gasteiger partial charge >= 0.3 is 0 Å². The number of carbonyl (C=O) groups excluding carboxylic acids is 1. The van der Waals surface area contributed by atoms with Crippen LogP contribution >= 0.6 is 0 Å². The topological polar surface area (TPSA) is 99.7 Å². The molecule has 4 rings (SSSR count). The van der Waals surface area contributed by atoms with E-state index < -0.39 is 0 Å². The van der Waals surface area contributed by atoms with Crippen LogP contribution in [0.1, 0.15) is 18.4 Å². The molecule has 1 aromatic carbocycles. The van der Waals surface area contributed by atoms with Gasteiger partial charge in [-0.2, -0.15) is 5.26 Å². The summed E-state index contributed by atoms with van der Waals surface area (Å²) in [5.41, 5.74) is 1.01. The van der Waals surface area contributed by atoms with Crippen molar-refractivity contribution in [3.63, 3.8) is 0 Å². The van der Waals surface area contributed by atoms with E-state index >= 15 is 0 Å². The maximum Gasteiger partial charge on any atom is 0.229 e. The zero-order valence-corrected chi connectivity index (χ0v) is 15.2. The van der Waals surface area contributed by atoms with Crippen molar-refractivity contribution in [1.29, 1.82) is 5.26 Å². The second-order valence-electron chi connectivity index (χ2n) is 6.65. The van der Waals surface area contributed by atoms with Crippen molar-refractivity contribution in [3.8, 4) is 11.9 Å². The number of nitrogens with zero attached hydrogens (tertiary/aromatic N) is 6. The van der Waals surface area contributed by atoms with Crippen molar-refractivity contribution in [2.75, 3.05) is 23.3 Å². The molecule has 1 amide bonds. The molecule has 3 heterocycles. The second kappa shape index (κ2) is 7.88. The van der Waals surface area contributed by atoms with Crippen LogP contribution in [0.4, 0.5) is 11.5 Å². The molecule has 0 saturated carbocycles. The van der Waals surface area contributed by atoms with Gasteiger partial charge in [-0.15, -0.1) is 10.2 Å². The molecule has 1 unspecified atom stereocenters. The first-order valence-electron chi connectivity index (χ1n) is 9.11. The van der Waals surface area contributed by atoms with E-state index in [1.807, 2.05) is 18.3 Å². The highest BCUT2D eigenvalue weighted by molar-refractivity contribution is 5.94. The predicted octanol–water partition coefficient (Wildman–Crippen LogP) is 2.39. The minimum Gasteiger partial charge on any atom is -0.354 e. The first-order valence-corrected chi connectivity index (χ1v) is 9.11. The van der Waals surface area contributed by atoms with Gasteiger partial charge in [0.15, 0.2) is 11.6 Å². The molecule has 3 aromatic rings. The minimum absolute atomic E-state index is 0.0737. The molecule has 1 saturated heterocycles. The molecule has 0 aliphatic carbocycles. The number of hydrogen-bond donors (Lipinski definition) is 1. The van der Waals surface area contributed by atoms with Gasteiger partial charge in [0, 0.05) is 25.5 Å². The molecule has 2 aromatic heterocycles. The number of aromatic nitrogens is 4. The minimum atomic E-state index is -0.171. The third-order valence-electron chi connectivity index (χ3n) is 4.83. The largest absolute Gasteiger partial charge is 0.354 e. The molecule has 1 N–H and O–H groups in total. The Kier molecular flexibility index (Phi) is 4.97. The number of amides is 1. The van der Waals surface area contributed by atoms with Crippen molar-refractivity contribution < 1.29 is 4.79 Å². The van der Waals surface area contributed by atoms with E-state index in [1.54, 1.807) is 41.4 Å². The highest BCUT2D eigenvalue weighted by Gasteiger charge is 2.27. The molecule has 1 fully saturated rings. The van der Waals surface area contributed by atoms with E-state index in [0.29, 0.717) is 23.6 Å². The van der Waals surface area contributed by atoms with Crippen molar-refractivity contribution in [2.45, 2.75) is 12.8 Å². The molecule has 1 aliphatic heterocycles. The maximum absolute atomic E-state index is 12.7. The molecule has 140 valence electrons. The zero-order valence-electron chi connectivity index (χ0n) is 15.2. The molecule has 1 atom stereocenters. The molecule has 0 spiro atoms. The fourth-order valence-corrected chi connectivity index (χ4v) is 3.34. The van der Waals surface area contributed by atoms with Crippen LogP contribution in [0.2, 0.25) is 0 Å². The lowest BCUT2D eigenvalue weighted by Gasteiger charge is -2.32. The van der Waals surface area contributed by atoms with Crippen molar-refractivity contribution in [3.05, 3.63) is 60.7 Å². The number of benzene rings is 1. The lowest BCUT2D eigenvalue weighted by Crippen LogP contribution is -2.41. The van der Waals surface area contributed by atoms with Crippen molar-refractivity contribution in [1.82, 2.24) is 19.7 Å². The summed E-state index contributed by atoms with van der Waals surface area (Å²) in [5, 5.41) is 20.7.